The Morgan fingerprint density at radius 1 is 1.14 bits per heavy atom. The monoisotopic (exact) mass is 292 g/mol. The highest BCUT2D eigenvalue weighted by Gasteiger charge is 2.21. The highest BCUT2D eigenvalue weighted by Crippen LogP contribution is 2.36. The lowest BCUT2D eigenvalue weighted by Gasteiger charge is -2.09. The minimum atomic E-state index is 0.223. The zero-order valence-electron chi connectivity index (χ0n) is 12.1. The number of rotatable bonds is 2. The van der Waals surface area contributed by atoms with E-state index in [4.69, 9.17) is 4.42 Å². The van der Waals surface area contributed by atoms with Gasteiger partial charge in [-0.25, -0.2) is 9.98 Å². The van der Waals surface area contributed by atoms with E-state index in [0.29, 0.717) is 5.82 Å². The van der Waals surface area contributed by atoms with Crippen LogP contribution in [0.4, 0.5) is 5.82 Å². The molecule has 0 aliphatic heterocycles. The van der Waals surface area contributed by atoms with E-state index in [1.807, 2.05) is 24.3 Å². The van der Waals surface area contributed by atoms with Crippen molar-refractivity contribution in [3.8, 4) is 5.75 Å². The Hall–Kier alpha value is -2.62. The Labute approximate surface area is 128 Å². The fourth-order valence-electron chi connectivity index (χ4n) is 3.06. The van der Waals surface area contributed by atoms with Crippen LogP contribution in [-0.2, 0) is 12.8 Å². The number of pyridine rings is 1. The molecule has 1 N–H and O–H groups in total. The lowest BCUT2D eigenvalue weighted by molar-refractivity contribution is 0.474. The molecule has 22 heavy (non-hydrogen) atoms. The van der Waals surface area contributed by atoms with Gasteiger partial charge in [-0.3, -0.25) is 0 Å². The number of hydrogen-bond acceptors (Lipinski definition) is 4. The van der Waals surface area contributed by atoms with Crippen molar-refractivity contribution in [3.63, 3.8) is 0 Å². The minimum Gasteiger partial charge on any atom is -0.507 e. The van der Waals surface area contributed by atoms with Crippen LogP contribution in [0.3, 0.4) is 0 Å². The maximum absolute atomic E-state index is 10.3. The molecular weight excluding hydrogens is 276 g/mol. The zero-order chi connectivity index (χ0) is 14.9. The number of aromatic nitrogens is 1. The molecule has 0 bridgehead atoms. The van der Waals surface area contributed by atoms with Crippen LogP contribution in [0.25, 0.3) is 11.0 Å². The molecule has 0 radical (unpaired) electrons. The fourth-order valence-corrected chi connectivity index (χ4v) is 3.06. The first kappa shape index (κ1) is 13.1. The molecule has 110 valence electrons. The van der Waals surface area contributed by atoms with Gasteiger partial charge in [0.25, 0.3) is 0 Å². The second-order valence-electron chi connectivity index (χ2n) is 5.53. The molecule has 0 amide bonds. The number of fused-ring (bicyclic) bond motifs is 3. The van der Waals surface area contributed by atoms with Crippen molar-refractivity contribution < 1.29 is 9.52 Å². The van der Waals surface area contributed by atoms with E-state index in [-0.39, 0.29) is 5.75 Å². The Bertz CT molecular complexity index is 850. The number of benzene rings is 1. The van der Waals surface area contributed by atoms with E-state index >= 15 is 0 Å². The predicted molar refractivity (Wildman–Crippen MR) is 86.0 cm³/mol. The maximum Gasteiger partial charge on any atom is 0.151 e. The van der Waals surface area contributed by atoms with Crippen LogP contribution in [0.1, 0.15) is 29.7 Å². The number of phenolic OH excluding ortho intramolecular Hbond substituents is 1. The zero-order valence-corrected chi connectivity index (χ0v) is 12.1. The third-order valence-electron chi connectivity index (χ3n) is 4.11. The lowest BCUT2D eigenvalue weighted by Crippen LogP contribution is -1.99. The number of aromatic hydroxyl groups is 1. The van der Waals surface area contributed by atoms with Gasteiger partial charge < -0.3 is 9.52 Å². The second-order valence-corrected chi connectivity index (χ2v) is 5.53. The summed E-state index contributed by atoms with van der Waals surface area (Å²) in [4.78, 5) is 8.55. The van der Waals surface area contributed by atoms with Crippen LogP contribution in [-0.4, -0.2) is 16.3 Å². The van der Waals surface area contributed by atoms with Crippen LogP contribution in [0.2, 0.25) is 0 Å². The third-order valence-corrected chi connectivity index (χ3v) is 4.11. The van der Waals surface area contributed by atoms with Crippen LogP contribution in [0.5, 0.6) is 5.75 Å². The van der Waals surface area contributed by atoms with E-state index in [1.165, 1.54) is 5.56 Å². The smallest absolute Gasteiger partial charge is 0.151 e. The van der Waals surface area contributed by atoms with Crippen LogP contribution in [0.15, 0.2) is 45.9 Å². The Morgan fingerprint density at radius 2 is 2.05 bits per heavy atom. The molecule has 1 aliphatic carbocycles. The summed E-state index contributed by atoms with van der Waals surface area (Å²) in [7, 11) is 0. The van der Waals surface area contributed by atoms with E-state index in [1.54, 1.807) is 18.5 Å². The van der Waals surface area contributed by atoms with E-state index < -0.39 is 0 Å². The molecule has 0 atom stereocenters. The van der Waals surface area contributed by atoms with Gasteiger partial charge in [-0.15, -0.1) is 0 Å². The van der Waals surface area contributed by atoms with Crippen LogP contribution in [0, 0.1) is 0 Å². The summed E-state index contributed by atoms with van der Waals surface area (Å²) in [6, 6.07) is 9.07. The average molecular weight is 292 g/mol. The Morgan fingerprint density at radius 3 is 2.91 bits per heavy atom. The van der Waals surface area contributed by atoms with Gasteiger partial charge in [0.05, 0.1) is 0 Å². The first-order chi connectivity index (χ1) is 10.8. The standard InChI is InChI=1S/C18H16N2O2/c21-14-8-9-16-18(12-5-1-2-6-15(12)22-16)13(14)11-20-17-7-3-4-10-19-17/h3-4,7-11,21H,1-2,5-6H2. The van der Waals surface area contributed by atoms with Gasteiger partial charge in [0.1, 0.15) is 17.1 Å². The van der Waals surface area contributed by atoms with Gasteiger partial charge in [-0.1, -0.05) is 6.07 Å². The summed E-state index contributed by atoms with van der Waals surface area (Å²) in [5.41, 5.74) is 2.77. The Balaban J connectivity index is 1.87. The summed E-state index contributed by atoms with van der Waals surface area (Å²) in [6.07, 6.45) is 7.68. The van der Waals surface area contributed by atoms with Crippen molar-refractivity contribution in [1.82, 2.24) is 4.98 Å². The number of aryl methyl sites for hydroxylation is 2. The van der Waals surface area contributed by atoms with Crippen molar-refractivity contribution in [3.05, 3.63) is 53.4 Å². The molecule has 2 aromatic heterocycles. The first-order valence-corrected chi connectivity index (χ1v) is 7.54. The lowest BCUT2D eigenvalue weighted by atomic mass is 9.94. The second kappa shape index (κ2) is 5.30. The molecule has 1 aliphatic rings. The molecule has 0 saturated carbocycles. The van der Waals surface area contributed by atoms with E-state index in [2.05, 4.69) is 9.98 Å². The highest BCUT2D eigenvalue weighted by atomic mass is 16.3. The molecule has 4 heteroatoms. The fraction of sp³-hybridized carbons (Fsp3) is 0.222. The number of hydrogen-bond donors (Lipinski definition) is 1. The van der Waals surface area contributed by atoms with Gasteiger partial charge in [-0.05, 0) is 43.5 Å². The normalized spacial score (nSPS) is 14.5. The minimum absolute atomic E-state index is 0.223. The van der Waals surface area contributed by atoms with Gasteiger partial charge in [0, 0.05) is 35.3 Å². The topological polar surface area (TPSA) is 58.6 Å². The first-order valence-electron chi connectivity index (χ1n) is 7.54. The summed E-state index contributed by atoms with van der Waals surface area (Å²) >= 11 is 0. The van der Waals surface area contributed by atoms with Crippen LogP contribution >= 0.6 is 0 Å². The Kier molecular flexibility index (Phi) is 3.15. The van der Waals surface area contributed by atoms with Crippen molar-refractivity contribution in [2.45, 2.75) is 25.7 Å². The molecule has 0 saturated heterocycles. The summed E-state index contributed by atoms with van der Waals surface area (Å²) < 4.78 is 5.95. The maximum atomic E-state index is 10.3. The molecule has 4 rings (SSSR count). The molecule has 0 fully saturated rings. The molecular formula is C18H16N2O2. The van der Waals surface area contributed by atoms with Gasteiger partial charge in [-0.2, -0.15) is 0 Å². The SMILES string of the molecule is Oc1ccc2oc3c(c2c1C=Nc1ccccn1)CCCC3. The molecule has 1 aromatic carbocycles. The van der Waals surface area contributed by atoms with Crippen molar-refractivity contribution in [2.24, 2.45) is 4.99 Å². The summed E-state index contributed by atoms with van der Waals surface area (Å²) in [5.74, 6) is 1.90. The third kappa shape index (κ3) is 2.17. The predicted octanol–water partition coefficient (Wildman–Crippen LogP) is 4.16. The molecule has 0 unspecified atom stereocenters. The molecule has 0 spiro atoms. The number of furan rings is 1. The largest absolute Gasteiger partial charge is 0.507 e. The van der Waals surface area contributed by atoms with Gasteiger partial charge in [0.15, 0.2) is 5.82 Å². The quantitative estimate of drug-likeness (QED) is 0.721. The number of phenols is 1. The van der Waals surface area contributed by atoms with Crippen molar-refractivity contribution >= 4 is 23.0 Å². The summed E-state index contributed by atoms with van der Waals surface area (Å²) in [6.45, 7) is 0. The van der Waals surface area contributed by atoms with Gasteiger partial charge in [0.2, 0.25) is 0 Å². The van der Waals surface area contributed by atoms with Crippen LogP contribution < -0.4 is 0 Å². The van der Waals surface area contributed by atoms with Crippen molar-refractivity contribution in [1.29, 1.82) is 0 Å². The van der Waals surface area contributed by atoms with E-state index in [9.17, 15) is 5.11 Å². The number of aliphatic imine (C=N–C) groups is 1. The van der Waals surface area contributed by atoms with Crippen molar-refractivity contribution in [2.75, 3.05) is 0 Å². The molecule has 4 nitrogen and oxygen atoms in total. The highest BCUT2D eigenvalue weighted by molar-refractivity contribution is 6.03. The average Bonchev–Trinajstić information content (AvgIpc) is 2.94. The van der Waals surface area contributed by atoms with Gasteiger partial charge >= 0.3 is 0 Å². The van der Waals surface area contributed by atoms with E-state index in [0.717, 1.165) is 48.0 Å². The number of nitrogens with zero attached hydrogens (tertiary/aromatic N) is 2. The molecule has 3 aromatic rings. The summed E-state index contributed by atoms with van der Waals surface area (Å²) in [5, 5.41) is 11.2. The molecule has 2 heterocycles.